The van der Waals surface area contributed by atoms with E-state index >= 15 is 0 Å². The Morgan fingerprint density at radius 3 is 1.82 bits per heavy atom. The molecule has 8 heteroatoms. The smallest absolute Gasteiger partial charge is 0.410 e. The molecule has 0 N–H and O–H groups in total. The minimum atomic E-state index is -0.776. The van der Waals surface area contributed by atoms with Crippen molar-refractivity contribution in [3.63, 3.8) is 0 Å². The van der Waals surface area contributed by atoms with Gasteiger partial charge < -0.3 is 33.3 Å². The molecule has 3 heterocycles. The molecule has 2 aromatic rings. The maximum Gasteiger partial charge on any atom is 0.410 e. The average molecular weight is 470 g/mol. The first kappa shape index (κ1) is 22.7. The maximum atomic E-state index is 12.6. The van der Waals surface area contributed by atoms with E-state index in [9.17, 15) is 4.79 Å². The fourth-order valence-electron chi connectivity index (χ4n) is 5.09. The van der Waals surface area contributed by atoms with Crippen LogP contribution in [0.1, 0.15) is 44.7 Å². The quantitative estimate of drug-likeness (QED) is 0.644. The molecule has 0 aromatic heterocycles. The standard InChI is InChI=1S/C26H31NO7/c1-25(2,3)34-24(28)27-11-9-17(10-12-27)26(29-4,18-5-7-20-22(13-18)32-15-30-20)19-6-8-21-23(14-19)33-16-31-21/h5-8,13-14,17H,9-12,15-16H2,1-4H3. The van der Waals surface area contributed by atoms with Crippen LogP contribution < -0.4 is 18.9 Å². The third-order valence-electron chi connectivity index (χ3n) is 6.65. The zero-order valence-electron chi connectivity index (χ0n) is 20.1. The Balaban J connectivity index is 1.50. The summed E-state index contributed by atoms with van der Waals surface area (Å²) in [5.41, 5.74) is 0.633. The van der Waals surface area contributed by atoms with Crippen LogP contribution in [0.2, 0.25) is 0 Å². The van der Waals surface area contributed by atoms with Gasteiger partial charge >= 0.3 is 6.09 Å². The van der Waals surface area contributed by atoms with Crippen molar-refractivity contribution in [2.45, 2.75) is 44.8 Å². The number of fused-ring (bicyclic) bond motifs is 2. The molecular formula is C26H31NO7. The summed E-state index contributed by atoms with van der Waals surface area (Å²) in [7, 11) is 1.73. The molecule has 3 aliphatic heterocycles. The first-order valence-electron chi connectivity index (χ1n) is 11.6. The average Bonchev–Trinajstić information content (AvgIpc) is 3.48. The van der Waals surface area contributed by atoms with Gasteiger partial charge in [0.15, 0.2) is 23.0 Å². The van der Waals surface area contributed by atoms with Crippen molar-refractivity contribution in [1.29, 1.82) is 0 Å². The van der Waals surface area contributed by atoms with Crippen molar-refractivity contribution in [1.82, 2.24) is 4.90 Å². The molecule has 0 aliphatic carbocycles. The van der Waals surface area contributed by atoms with Crippen LogP contribution in [-0.2, 0) is 15.1 Å². The highest BCUT2D eigenvalue weighted by Gasteiger charge is 2.46. The van der Waals surface area contributed by atoms with Crippen molar-refractivity contribution < 1.29 is 33.2 Å². The van der Waals surface area contributed by atoms with E-state index in [4.69, 9.17) is 28.4 Å². The van der Waals surface area contributed by atoms with Gasteiger partial charge in [0.1, 0.15) is 11.2 Å². The summed E-state index contributed by atoms with van der Waals surface area (Å²) in [6.45, 7) is 7.22. The van der Waals surface area contributed by atoms with Crippen LogP contribution in [-0.4, -0.2) is 50.4 Å². The lowest BCUT2D eigenvalue weighted by atomic mass is 9.71. The molecule has 1 fully saturated rings. The number of carbonyl (C=O) groups excluding carboxylic acids is 1. The van der Waals surface area contributed by atoms with Gasteiger partial charge in [-0.05, 0) is 74.9 Å². The molecule has 0 radical (unpaired) electrons. The molecule has 0 bridgehead atoms. The highest BCUT2D eigenvalue weighted by molar-refractivity contribution is 5.68. The number of nitrogens with zero attached hydrogens (tertiary/aromatic N) is 1. The van der Waals surface area contributed by atoms with E-state index < -0.39 is 11.2 Å². The van der Waals surface area contributed by atoms with Crippen LogP contribution in [0.25, 0.3) is 0 Å². The van der Waals surface area contributed by atoms with E-state index in [1.165, 1.54) is 0 Å². The number of rotatable bonds is 4. The first-order valence-corrected chi connectivity index (χ1v) is 11.6. The summed E-state index contributed by atoms with van der Waals surface area (Å²) in [5, 5.41) is 0. The van der Waals surface area contributed by atoms with Gasteiger partial charge in [0, 0.05) is 20.2 Å². The molecule has 0 atom stereocenters. The van der Waals surface area contributed by atoms with E-state index in [1.54, 1.807) is 12.0 Å². The zero-order chi connectivity index (χ0) is 23.9. The molecule has 1 saturated heterocycles. The summed E-state index contributed by atoms with van der Waals surface area (Å²) in [4.78, 5) is 14.4. The number of methoxy groups -OCH3 is 1. The van der Waals surface area contributed by atoms with Crippen molar-refractivity contribution >= 4 is 6.09 Å². The number of likely N-dealkylation sites (tertiary alicyclic amines) is 1. The molecule has 3 aliphatic rings. The fourth-order valence-corrected chi connectivity index (χ4v) is 5.09. The van der Waals surface area contributed by atoms with Crippen LogP contribution in [0.3, 0.4) is 0 Å². The Hall–Kier alpha value is -3.13. The van der Waals surface area contributed by atoms with E-state index in [0.29, 0.717) is 24.6 Å². The van der Waals surface area contributed by atoms with Crippen LogP contribution in [0.4, 0.5) is 4.79 Å². The summed E-state index contributed by atoms with van der Waals surface area (Å²) in [6, 6.07) is 11.9. The highest BCUT2D eigenvalue weighted by atomic mass is 16.7. The van der Waals surface area contributed by atoms with Crippen molar-refractivity contribution in [2.24, 2.45) is 5.92 Å². The van der Waals surface area contributed by atoms with Crippen molar-refractivity contribution in [3.8, 4) is 23.0 Å². The fraction of sp³-hybridized carbons (Fsp3) is 0.500. The van der Waals surface area contributed by atoms with Gasteiger partial charge in [-0.3, -0.25) is 0 Å². The minimum absolute atomic E-state index is 0.0944. The molecule has 0 unspecified atom stereocenters. The highest BCUT2D eigenvalue weighted by Crippen LogP contribution is 2.49. The SMILES string of the molecule is COC(c1ccc2c(c1)OCO2)(c1ccc2c(c1)OCO2)C1CCN(C(=O)OC(C)(C)C)CC1. The van der Waals surface area contributed by atoms with E-state index in [2.05, 4.69) is 0 Å². The monoisotopic (exact) mass is 469 g/mol. The molecule has 0 spiro atoms. The zero-order valence-corrected chi connectivity index (χ0v) is 20.1. The Labute approximate surface area is 199 Å². The summed E-state index contributed by atoms with van der Waals surface area (Å²) >= 11 is 0. The van der Waals surface area contributed by atoms with Gasteiger partial charge in [-0.2, -0.15) is 0 Å². The molecule has 5 rings (SSSR count). The van der Waals surface area contributed by atoms with Gasteiger partial charge in [0.2, 0.25) is 13.6 Å². The van der Waals surface area contributed by atoms with Crippen LogP contribution in [0, 0.1) is 5.92 Å². The number of benzene rings is 2. The van der Waals surface area contributed by atoms with Gasteiger partial charge in [0.25, 0.3) is 0 Å². The normalized spacial score (nSPS) is 17.7. The maximum absolute atomic E-state index is 12.6. The molecule has 2 aromatic carbocycles. The summed E-state index contributed by atoms with van der Waals surface area (Å²) < 4.78 is 34.4. The largest absolute Gasteiger partial charge is 0.454 e. The Kier molecular flexibility index (Phi) is 5.72. The van der Waals surface area contributed by atoms with Gasteiger partial charge in [-0.1, -0.05) is 12.1 Å². The lowest BCUT2D eigenvalue weighted by Gasteiger charge is -2.44. The van der Waals surface area contributed by atoms with Crippen LogP contribution in [0.15, 0.2) is 36.4 Å². The van der Waals surface area contributed by atoms with Gasteiger partial charge in [-0.25, -0.2) is 4.79 Å². The first-order chi connectivity index (χ1) is 16.3. The topological polar surface area (TPSA) is 75.7 Å². The molecule has 182 valence electrons. The second-order valence-electron chi connectivity index (χ2n) is 9.82. The Bertz CT molecular complexity index is 1010. The number of ether oxygens (including phenoxy) is 6. The summed E-state index contributed by atoms with van der Waals surface area (Å²) in [5.74, 6) is 2.94. The van der Waals surface area contributed by atoms with E-state index in [1.807, 2.05) is 57.2 Å². The van der Waals surface area contributed by atoms with Gasteiger partial charge in [-0.15, -0.1) is 0 Å². The third-order valence-corrected chi connectivity index (χ3v) is 6.65. The lowest BCUT2D eigenvalue weighted by molar-refractivity contribution is -0.0534. The molecule has 1 amide bonds. The number of amides is 1. The second-order valence-corrected chi connectivity index (χ2v) is 9.82. The Morgan fingerprint density at radius 1 is 0.853 bits per heavy atom. The minimum Gasteiger partial charge on any atom is -0.454 e. The van der Waals surface area contributed by atoms with Crippen molar-refractivity contribution in [3.05, 3.63) is 47.5 Å². The number of piperidine rings is 1. The third kappa shape index (κ3) is 4.00. The number of hydrogen-bond donors (Lipinski definition) is 0. The molecular weight excluding hydrogens is 438 g/mol. The predicted octanol–water partition coefficient (Wildman–Crippen LogP) is 4.68. The molecule has 0 saturated carbocycles. The number of carbonyl (C=O) groups is 1. The van der Waals surface area contributed by atoms with Gasteiger partial charge in [0.05, 0.1) is 0 Å². The van der Waals surface area contributed by atoms with E-state index in [-0.39, 0.29) is 25.6 Å². The molecule has 34 heavy (non-hydrogen) atoms. The van der Waals surface area contributed by atoms with Crippen LogP contribution in [0.5, 0.6) is 23.0 Å². The van der Waals surface area contributed by atoms with Crippen molar-refractivity contribution in [2.75, 3.05) is 33.8 Å². The Morgan fingerprint density at radius 2 is 1.35 bits per heavy atom. The predicted molar refractivity (Wildman–Crippen MR) is 123 cm³/mol. The molecule has 8 nitrogen and oxygen atoms in total. The second kappa shape index (κ2) is 8.58. The lowest BCUT2D eigenvalue weighted by Crippen LogP contribution is -2.48. The van der Waals surface area contributed by atoms with Crippen LogP contribution >= 0.6 is 0 Å². The van der Waals surface area contributed by atoms with E-state index in [0.717, 1.165) is 35.5 Å². The number of hydrogen-bond acceptors (Lipinski definition) is 7. The summed E-state index contributed by atoms with van der Waals surface area (Å²) in [6.07, 6.45) is 1.21.